The summed E-state index contributed by atoms with van der Waals surface area (Å²) in [5.74, 6) is 0.753. The van der Waals surface area contributed by atoms with Crippen LogP contribution in [0.4, 0.5) is 5.82 Å². The summed E-state index contributed by atoms with van der Waals surface area (Å²) < 4.78 is 1.52. The average Bonchev–Trinajstić information content (AvgIpc) is 3.31. The lowest BCUT2D eigenvalue weighted by atomic mass is 10.0. The third-order valence-corrected chi connectivity index (χ3v) is 6.74. The number of nitrogens with zero attached hydrogens (tertiary/aromatic N) is 6. The summed E-state index contributed by atoms with van der Waals surface area (Å²) in [6.07, 6.45) is 1.76. The molecule has 0 saturated carbocycles. The second-order valence-corrected chi connectivity index (χ2v) is 9.22. The van der Waals surface area contributed by atoms with Gasteiger partial charge in [0.2, 0.25) is 0 Å². The summed E-state index contributed by atoms with van der Waals surface area (Å²) in [4.78, 5) is 6.88. The van der Waals surface area contributed by atoms with Crippen molar-refractivity contribution in [2.24, 2.45) is 0 Å². The zero-order chi connectivity index (χ0) is 23.7. The highest BCUT2D eigenvalue weighted by Gasteiger charge is 2.19. The Kier molecular flexibility index (Phi) is 6.47. The van der Waals surface area contributed by atoms with Crippen LogP contribution < -0.4 is 11.1 Å². The summed E-state index contributed by atoms with van der Waals surface area (Å²) in [5.41, 5.74) is 10.6. The summed E-state index contributed by atoms with van der Waals surface area (Å²) in [6, 6.07) is 16.3. The predicted molar refractivity (Wildman–Crippen MR) is 135 cm³/mol. The second kappa shape index (κ2) is 9.68. The largest absolute Gasteiger partial charge is 0.383 e. The number of halogens is 2. The topological polar surface area (TPSA) is 97.8 Å². The number of piperazine rings is 1. The first-order chi connectivity index (χ1) is 16.5. The van der Waals surface area contributed by atoms with E-state index in [2.05, 4.69) is 61.9 Å². The van der Waals surface area contributed by atoms with Gasteiger partial charge in [0.1, 0.15) is 5.82 Å². The summed E-state index contributed by atoms with van der Waals surface area (Å²) in [6.45, 7) is 6.30. The van der Waals surface area contributed by atoms with Crippen LogP contribution >= 0.6 is 23.2 Å². The molecule has 0 radical (unpaired) electrons. The number of rotatable bonds is 5. The number of benzene rings is 2. The molecule has 1 fully saturated rings. The first kappa shape index (κ1) is 22.7. The van der Waals surface area contributed by atoms with E-state index >= 15 is 0 Å². The lowest BCUT2D eigenvalue weighted by Gasteiger charge is -2.31. The minimum absolute atomic E-state index is 0.322. The molecule has 34 heavy (non-hydrogen) atoms. The fourth-order valence-electron chi connectivity index (χ4n) is 4.20. The SMILES string of the molecule is CC1CN(Cc2ccc(-c3cnc(N)c(-c4nnnn4-c4cccc(Cl)c4Cl)c3)cc2)CCN1. The van der Waals surface area contributed by atoms with Gasteiger partial charge in [-0.15, -0.1) is 5.10 Å². The number of nitrogens with two attached hydrogens (primary N) is 1. The van der Waals surface area contributed by atoms with E-state index in [1.165, 1.54) is 10.2 Å². The molecule has 2 aromatic heterocycles. The van der Waals surface area contributed by atoms with E-state index in [0.29, 0.717) is 39.0 Å². The number of anilines is 1. The van der Waals surface area contributed by atoms with Gasteiger partial charge >= 0.3 is 0 Å². The highest BCUT2D eigenvalue weighted by Crippen LogP contribution is 2.33. The zero-order valence-electron chi connectivity index (χ0n) is 18.6. The molecule has 174 valence electrons. The number of hydrogen-bond acceptors (Lipinski definition) is 7. The van der Waals surface area contributed by atoms with Gasteiger partial charge in [-0.3, -0.25) is 4.90 Å². The fourth-order valence-corrected chi connectivity index (χ4v) is 4.58. The normalized spacial score (nSPS) is 16.6. The molecule has 3 N–H and O–H groups in total. The Morgan fingerprint density at radius 1 is 1.12 bits per heavy atom. The smallest absolute Gasteiger partial charge is 0.190 e. The summed E-state index contributed by atoms with van der Waals surface area (Å²) in [7, 11) is 0. The third-order valence-electron chi connectivity index (χ3n) is 5.93. The lowest BCUT2D eigenvalue weighted by molar-refractivity contribution is 0.199. The molecule has 0 amide bonds. The Labute approximate surface area is 207 Å². The molecule has 4 aromatic rings. The molecule has 1 atom stereocenters. The van der Waals surface area contributed by atoms with Crippen molar-refractivity contribution in [1.82, 2.24) is 35.4 Å². The van der Waals surface area contributed by atoms with Gasteiger partial charge in [0.15, 0.2) is 5.82 Å². The van der Waals surface area contributed by atoms with Crippen molar-refractivity contribution in [3.8, 4) is 28.2 Å². The van der Waals surface area contributed by atoms with Crippen molar-refractivity contribution < 1.29 is 0 Å². The molecule has 1 saturated heterocycles. The van der Waals surface area contributed by atoms with Crippen LogP contribution in [-0.4, -0.2) is 55.8 Å². The van der Waals surface area contributed by atoms with Crippen molar-refractivity contribution in [2.45, 2.75) is 19.5 Å². The van der Waals surface area contributed by atoms with Gasteiger partial charge in [0.25, 0.3) is 0 Å². The zero-order valence-corrected chi connectivity index (χ0v) is 20.1. The third kappa shape index (κ3) is 4.63. The molecule has 0 aliphatic carbocycles. The van der Waals surface area contributed by atoms with Crippen LogP contribution in [0, 0.1) is 0 Å². The summed E-state index contributed by atoms with van der Waals surface area (Å²) >= 11 is 12.6. The van der Waals surface area contributed by atoms with Gasteiger partial charge in [-0.25, -0.2) is 4.98 Å². The molecule has 0 bridgehead atoms. The van der Waals surface area contributed by atoms with Crippen LogP contribution in [0.5, 0.6) is 0 Å². The molecule has 1 aliphatic rings. The summed E-state index contributed by atoms with van der Waals surface area (Å²) in [5, 5.41) is 16.4. The van der Waals surface area contributed by atoms with Gasteiger partial charge < -0.3 is 11.1 Å². The maximum Gasteiger partial charge on any atom is 0.190 e. The lowest BCUT2D eigenvalue weighted by Crippen LogP contribution is -2.48. The molecule has 1 unspecified atom stereocenters. The van der Waals surface area contributed by atoms with Gasteiger partial charge in [-0.05, 0) is 46.7 Å². The van der Waals surface area contributed by atoms with E-state index in [4.69, 9.17) is 28.9 Å². The number of nitrogen functional groups attached to an aromatic ring is 1. The highest BCUT2D eigenvalue weighted by atomic mass is 35.5. The fraction of sp³-hybridized carbons (Fsp3) is 0.250. The molecule has 10 heteroatoms. The minimum atomic E-state index is 0.322. The molecule has 1 aliphatic heterocycles. The maximum atomic E-state index is 6.40. The molecular weight excluding hydrogens is 471 g/mol. The quantitative estimate of drug-likeness (QED) is 0.431. The van der Waals surface area contributed by atoms with Crippen LogP contribution in [0.1, 0.15) is 12.5 Å². The van der Waals surface area contributed by atoms with Crippen molar-refractivity contribution in [2.75, 3.05) is 25.4 Å². The standard InChI is InChI=1S/C24H24Cl2N8/c1-15-13-33(10-9-28-15)14-16-5-7-17(8-6-16)18-11-19(23(27)29-12-18)24-30-31-32-34(24)21-4-2-3-20(25)22(21)26/h2-8,11-12,15,28H,9-10,13-14H2,1H3,(H2,27,29). The minimum Gasteiger partial charge on any atom is -0.383 e. The van der Waals surface area contributed by atoms with E-state index in [1.54, 1.807) is 24.4 Å². The number of tetrazole rings is 1. The van der Waals surface area contributed by atoms with E-state index in [1.807, 2.05) is 6.07 Å². The van der Waals surface area contributed by atoms with Crippen LogP contribution in [0.2, 0.25) is 10.0 Å². The molecular formula is C24H24Cl2N8. The van der Waals surface area contributed by atoms with Gasteiger partial charge in [-0.1, -0.05) is 53.5 Å². The van der Waals surface area contributed by atoms with Gasteiger partial charge in [-0.2, -0.15) is 4.68 Å². The number of aromatic nitrogens is 5. The van der Waals surface area contributed by atoms with Crippen molar-refractivity contribution in [3.05, 3.63) is 70.3 Å². The van der Waals surface area contributed by atoms with Crippen molar-refractivity contribution >= 4 is 29.0 Å². The molecule has 3 heterocycles. The predicted octanol–water partition coefficient (Wildman–Crippen LogP) is 4.07. The Bertz CT molecular complexity index is 1300. The number of hydrogen-bond donors (Lipinski definition) is 2. The first-order valence-electron chi connectivity index (χ1n) is 11.0. The Hall–Kier alpha value is -3.04. The van der Waals surface area contributed by atoms with Crippen molar-refractivity contribution in [1.29, 1.82) is 0 Å². The van der Waals surface area contributed by atoms with E-state index in [-0.39, 0.29) is 0 Å². The Morgan fingerprint density at radius 3 is 2.74 bits per heavy atom. The Morgan fingerprint density at radius 2 is 1.94 bits per heavy atom. The van der Waals surface area contributed by atoms with Gasteiger partial charge in [0.05, 0.1) is 21.3 Å². The van der Waals surface area contributed by atoms with Crippen LogP contribution in [0.3, 0.4) is 0 Å². The van der Waals surface area contributed by atoms with Gasteiger partial charge in [0, 0.05) is 44.0 Å². The molecule has 5 rings (SSSR count). The van der Waals surface area contributed by atoms with Crippen LogP contribution in [-0.2, 0) is 6.54 Å². The van der Waals surface area contributed by atoms with E-state index in [9.17, 15) is 0 Å². The van der Waals surface area contributed by atoms with E-state index in [0.717, 1.165) is 37.3 Å². The molecule has 0 spiro atoms. The number of pyridine rings is 1. The van der Waals surface area contributed by atoms with E-state index < -0.39 is 0 Å². The first-order valence-corrected chi connectivity index (χ1v) is 11.8. The Balaban J connectivity index is 1.43. The molecule has 8 nitrogen and oxygen atoms in total. The monoisotopic (exact) mass is 494 g/mol. The van der Waals surface area contributed by atoms with Crippen LogP contribution in [0.15, 0.2) is 54.7 Å². The van der Waals surface area contributed by atoms with Crippen molar-refractivity contribution in [3.63, 3.8) is 0 Å². The van der Waals surface area contributed by atoms with Crippen LogP contribution in [0.25, 0.3) is 28.2 Å². The second-order valence-electron chi connectivity index (χ2n) is 8.43. The maximum absolute atomic E-state index is 6.40. The highest BCUT2D eigenvalue weighted by molar-refractivity contribution is 6.43. The average molecular weight is 495 g/mol. The molecule has 2 aromatic carbocycles. The number of nitrogens with one attached hydrogen (secondary N) is 1.